The summed E-state index contributed by atoms with van der Waals surface area (Å²) < 4.78 is 13.2. The molecule has 0 aliphatic carbocycles. The van der Waals surface area contributed by atoms with Crippen LogP contribution < -0.4 is 16.2 Å². The fourth-order valence-corrected chi connectivity index (χ4v) is 3.51. The number of likely N-dealkylation sites (N-methyl/N-ethyl adjacent to an activating group) is 1. The van der Waals surface area contributed by atoms with E-state index in [1.807, 2.05) is 12.1 Å². The van der Waals surface area contributed by atoms with Crippen LogP contribution in [-0.2, 0) is 9.59 Å². The van der Waals surface area contributed by atoms with Crippen LogP contribution in [0, 0.1) is 11.7 Å². The lowest BCUT2D eigenvalue weighted by Gasteiger charge is -2.24. The average molecular weight is 359 g/mol. The maximum atomic E-state index is 13.2. The number of hydrogen-bond donors (Lipinski definition) is 1. The summed E-state index contributed by atoms with van der Waals surface area (Å²) in [6.45, 7) is 0.386. The van der Waals surface area contributed by atoms with Gasteiger partial charge in [-0.05, 0) is 29.1 Å². The number of carbonyl (C=O) groups is 2. The summed E-state index contributed by atoms with van der Waals surface area (Å²) in [7, 11) is 4.17. The van der Waals surface area contributed by atoms with Gasteiger partial charge >= 0.3 is 0 Å². The van der Waals surface area contributed by atoms with Crippen LogP contribution >= 0.6 is 9.24 Å². The molecule has 1 aliphatic rings. The van der Waals surface area contributed by atoms with Gasteiger partial charge in [-0.1, -0.05) is 30.3 Å². The second-order valence-electron chi connectivity index (χ2n) is 6.12. The first-order valence-corrected chi connectivity index (χ1v) is 8.41. The van der Waals surface area contributed by atoms with Gasteiger partial charge in [0.25, 0.3) is 5.91 Å². The summed E-state index contributed by atoms with van der Waals surface area (Å²) in [4.78, 5) is 27.0. The van der Waals surface area contributed by atoms with Crippen LogP contribution in [0.4, 0.5) is 10.1 Å². The molecular weight excluding hydrogens is 340 g/mol. The molecular formula is C18H19FN3O2P. The average Bonchev–Trinajstić information content (AvgIpc) is 2.90. The van der Waals surface area contributed by atoms with Crippen molar-refractivity contribution in [2.75, 3.05) is 18.6 Å². The maximum Gasteiger partial charge on any atom is 0.254 e. The minimum atomic E-state index is -0.926. The van der Waals surface area contributed by atoms with Crippen molar-refractivity contribution in [2.45, 2.75) is 5.92 Å². The number of hydrazine groups is 1. The molecule has 2 amide bonds. The molecule has 2 N–H and O–H groups in total. The number of nitrogens with zero attached hydrogens (tertiary/aromatic N) is 2. The zero-order valence-electron chi connectivity index (χ0n) is 13.7. The van der Waals surface area contributed by atoms with Crippen molar-refractivity contribution in [3.8, 4) is 0 Å². The number of amides is 2. The molecule has 1 aliphatic heterocycles. The van der Waals surface area contributed by atoms with Gasteiger partial charge < -0.3 is 4.90 Å². The number of hydrogen-bond acceptors (Lipinski definition) is 3. The quantitative estimate of drug-likeness (QED) is 0.296. The van der Waals surface area contributed by atoms with Gasteiger partial charge in [-0.3, -0.25) is 9.59 Å². The highest BCUT2D eigenvalue weighted by Crippen LogP contribution is 2.34. The first-order valence-electron chi connectivity index (χ1n) is 7.83. The molecule has 1 fully saturated rings. The van der Waals surface area contributed by atoms with Crippen molar-refractivity contribution in [1.29, 1.82) is 0 Å². The number of para-hydroxylation sites is 1. The lowest BCUT2D eigenvalue weighted by molar-refractivity contribution is -0.136. The van der Waals surface area contributed by atoms with Crippen molar-refractivity contribution >= 4 is 32.0 Å². The summed E-state index contributed by atoms with van der Waals surface area (Å²) >= 11 is 0. The van der Waals surface area contributed by atoms with Crippen LogP contribution in [0.25, 0.3) is 0 Å². The number of anilines is 1. The van der Waals surface area contributed by atoms with Crippen LogP contribution in [0.5, 0.6) is 0 Å². The molecule has 1 saturated heterocycles. The van der Waals surface area contributed by atoms with Gasteiger partial charge in [0.1, 0.15) is 11.7 Å². The number of likely N-dealkylation sites (tertiary alicyclic amines) is 1. The van der Waals surface area contributed by atoms with Crippen LogP contribution in [0.15, 0.2) is 48.5 Å². The van der Waals surface area contributed by atoms with Gasteiger partial charge in [-0.2, -0.15) is 0 Å². The third kappa shape index (κ3) is 3.28. The number of carbonyl (C=O) groups excluding carboxylic acids is 2. The minimum absolute atomic E-state index is 0.281. The second kappa shape index (κ2) is 6.90. The highest BCUT2D eigenvalue weighted by molar-refractivity contribution is 7.28. The molecule has 0 aromatic heterocycles. The molecule has 7 heteroatoms. The lowest BCUT2D eigenvalue weighted by atomic mass is 9.87. The third-order valence-corrected chi connectivity index (χ3v) is 5.00. The highest BCUT2D eigenvalue weighted by Gasteiger charge is 2.45. The van der Waals surface area contributed by atoms with E-state index >= 15 is 0 Å². The standard InChI is InChI=1S/C18H19FN3O2P/c1-21-10-13(11-6-8-12(19)9-7-11)16(17(21)23)18(24)22(20)14-4-2-3-5-15(14)25/h2-9,13,16H,10,20,25H2,1H3. The maximum absolute atomic E-state index is 13.2. The van der Waals surface area contributed by atoms with Crippen LogP contribution in [0.3, 0.4) is 0 Å². The number of nitrogens with two attached hydrogens (primary N) is 1. The van der Waals surface area contributed by atoms with E-state index in [2.05, 4.69) is 9.24 Å². The summed E-state index contributed by atoms with van der Waals surface area (Å²) in [6.07, 6.45) is 0. The molecule has 3 unspecified atom stereocenters. The van der Waals surface area contributed by atoms with E-state index in [1.165, 1.54) is 17.0 Å². The van der Waals surface area contributed by atoms with Crippen LogP contribution in [-0.4, -0.2) is 30.3 Å². The summed E-state index contributed by atoms with van der Waals surface area (Å²) in [5.41, 5.74) is 1.27. The Labute approximate surface area is 147 Å². The molecule has 3 rings (SSSR count). The Hall–Kier alpha value is -2.30. The van der Waals surface area contributed by atoms with E-state index in [1.54, 1.807) is 31.3 Å². The van der Waals surface area contributed by atoms with Crippen LogP contribution in [0.1, 0.15) is 11.5 Å². The predicted octanol–water partition coefficient (Wildman–Crippen LogP) is 1.40. The Balaban J connectivity index is 1.94. The van der Waals surface area contributed by atoms with Gasteiger partial charge in [0.15, 0.2) is 0 Å². The van der Waals surface area contributed by atoms with Gasteiger partial charge in [0, 0.05) is 19.5 Å². The van der Waals surface area contributed by atoms with Crippen molar-refractivity contribution in [1.82, 2.24) is 4.90 Å². The molecule has 0 radical (unpaired) electrons. The van der Waals surface area contributed by atoms with Gasteiger partial charge in [0.2, 0.25) is 5.91 Å². The van der Waals surface area contributed by atoms with Crippen LogP contribution in [0.2, 0.25) is 0 Å². The summed E-state index contributed by atoms with van der Waals surface area (Å²) in [5.74, 6) is 3.62. The predicted molar refractivity (Wildman–Crippen MR) is 97.7 cm³/mol. The normalized spacial score (nSPS) is 20.0. The number of halogens is 1. The summed E-state index contributed by atoms with van der Waals surface area (Å²) in [6, 6.07) is 13.0. The monoisotopic (exact) mass is 359 g/mol. The fraction of sp³-hybridized carbons (Fsp3) is 0.222. The molecule has 2 aromatic rings. The molecule has 0 spiro atoms. The third-order valence-electron chi connectivity index (χ3n) is 4.51. The van der Waals surface area contributed by atoms with Gasteiger partial charge in [0.05, 0.1) is 5.69 Å². The molecule has 130 valence electrons. The van der Waals surface area contributed by atoms with Crippen molar-refractivity contribution in [2.24, 2.45) is 11.8 Å². The SMILES string of the molecule is CN1CC(c2ccc(F)cc2)C(C(=O)N(N)c2ccccc2P)C1=O. The molecule has 2 aromatic carbocycles. The van der Waals surface area contributed by atoms with E-state index in [9.17, 15) is 14.0 Å². The molecule has 0 bridgehead atoms. The van der Waals surface area contributed by atoms with Gasteiger partial charge in [-0.15, -0.1) is 9.24 Å². The Bertz CT molecular complexity index is 812. The second-order valence-corrected chi connectivity index (χ2v) is 6.74. The first kappa shape index (κ1) is 17.5. The van der Waals surface area contributed by atoms with E-state index in [0.29, 0.717) is 12.2 Å². The fourth-order valence-electron chi connectivity index (χ4n) is 3.16. The lowest BCUT2D eigenvalue weighted by Crippen LogP contribution is -2.46. The minimum Gasteiger partial charge on any atom is -0.344 e. The molecule has 1 heterocycles. The smallest absolute Gasteiger partial charge is 0.254 e. The molecule has 3 atom stereocenters. The molecule has 5 nitrogen and oxygen atoms in total. The van der Waals surface area contributed by atoms with E-state index < -0.39 is 11.8 Å². The molecule has 0 saturated carbocycles. The first-order chi connectivity index (χ1) is 11.9. The Kier molecular flexibility index (Phi) is 4.84. The van der Waals surface area contributed by atoms with E-state index in [4.69, 9.17) is 5.84 Å². The number of benzene rings is 2. The Morgan fingerprint density at radius 2 is 1.88 bits per heavy atom. The van der Waals surface area contributed by atoms with E-state index in [0.717, 1.165) is 15.9 Å². The summed E-state index contributed by atoms with van der Waals surface area (Å²) in [5, 5.41) is 1.79. The topological polar surface area (TPSA) is 66.6 Å². The van der Waals surface area contributed by atoms with Crippen molar-refractivity contribution in [3.63, 3.8) is 0 Å². The molecule has 25 heavy (non-hydrogen) atoms. The van der Waals surface area contributed by atoms with E-state index in [-0.39, 0.29) is 17.6 Å². The van der Waals surface area contributed by atoms with Gasteiger partial charge in [-0.25, -0.2) is 15.2 Å². The zero-order chi connectivity index (χ0) is 18.1. The number of rotatable bonds is 3. The Morgan fingerprint density at radius 3 is 2.52 bits per heavy atom. The Morgan fingerprint density at radius 1 is 1.24 bits per heavy atom. The highest BCUT2D eigenvalue weighted by atomic mass is 31.0. The van der Waals surface area contributed by atoms with Crippen molar-refractivity contribution < 1.29 is 14.0 Å². The largest absolute Gasteiger partial charge is 0.344 e. The zero-order valence-corrected chi connectivity index (χ0v) is 14.9. The van der Waals surface area contributed by atoms with Crippen molar-refractivity contribution in [3.05, 3.63) is 59.9 Å².